The lowest BCUT2D eigenvalue weighted by atomic mass is 10.2. The van der Waals surface area contributed by atoms with Crippen molar-refractivity contribution < 1.29 is 14.0 Å². The number of benzene rings is 1. The van der Waals surface area contributed by atoms with E-state index in [1.165, 1.54) is 29.2 Å². The van der Waals surface area contributed by atoms with E-state index in [9.17, 15) is 14.0 Å². The second-order valence-corrected chi connectivity index (χ2v) is 3.64. The second kappa shape index (κ2) is 6.20. The van der Waals surface area contributed by atoms with Crippen LogP contribution in [0.4, 0.5) is 10.1 Å². The molecule has 0 unspecified atom stereocenters. The average molecular weight is 259 g/mol. The van der Waals surface area contributed by atoms with Crippen molar-refractivity contribution in [2.24, 2.45) is 5.73 Å². The monoisotopic (exact) mass is 258 g/mol. The zero-order valence-corrected chi connectivity index (χ0v) is 9.78. The Hall–Kier alpha value is -1.62. The lowest BCUT2D eigenvalue weighted by Gasteiger charge is -2.21. The molecule has 0 radical (unpaired) electrons. The molecule has 0 saturated carbocycles. The van der Waals surface area contributed by atoms with Crippen LogP contribution in [0, 0.1) is 5.82 Å². The second-order valence-electron chi connectivity index (χ2n) is 3.37. The Labute approximate surface area is 103 Å². The van der Waals surface area contributed by atoms with Crippen LogP contribution >= 0.6 is 11.6 Å². The Morgan fingerprint density at radius 1 is 1.29 bits per heavy atom. The Morgan fingerprint density at radius 2 is 1.88 bits per heavy atom. The first kappa shape index (κ1) is 13.4. The molecule has 1 aromatic rings. The van der Waals surface area contributed by atoms with E-state index in [1.54, 1.807) is 0 Å². The number of carbonyl (C=O) groups is 2. The van der Waals surface area contributed by atoms with Crippen LogP contribution in [0.15, 0.2) is 24.3 Å². The summed E-state index contributed by atoms with van der Waals surface area (Å²) >= 11 is 5.46. The number of rotatable bonds is 5. The van der Waals surface area contributed by atoms with Crippen LogP contribution in [-0.4, -0.2) is 24.2 Å². The summed E-state index contributed by atoms with van der Waals surface area (Å²) in [5.74, 6) is -1.49. The SMILES string of the molecule is NC(=O)CCN(C(=O)CCl)c1ccc(F)cc1. The Balaban J connectivity index is 2.85. The maximum atomic E-state index is 12.7. The highest BCUT2D eigenvalue weighted by molar-refractivity contribution is 6.29. The molecule has 0 aliphatic heterocycles. The summed E-state index contributed by atoms with van der Waals surface area (Å²) in [6, 6.07) is 5.35. The minimum absolute atomic E-state index is 0.0278. The summed E-state index contributed by atoms with van der Waals surface area (Å²) in [6.07, 6.45) is 0.0278. The fourth-order valence-corrected chi connectivity index (χ4v) is 1.46. The van der Waals surface area contributed by atoms with Crippen molar-refractivity contribution in [2.45, 2.75) is 6.42 Å². The highest BCUT2D eigenvalue weighted by Gasteiger charge is 2.15. The van der Waals surface area contributed by atoms with E-state index in [1.807, 2.05) is 0 Å². The van der Waals surface area contributed by atoms with Gasteiger partial charge in [0.05, 0.1) is 0 Å². The molecular formula is C11H12ClFN2O2. The van der Waals surface area contributed by atoms with Crippen molar-refractivity contribution in [1.82, 2.24) is 0 Å². The molecule has 17 heavy (non-hydrogen) atoms. The van der Waals surface area contributed by atoms with Crippen molar-refractivity contribution in [3.63, 3.8) is 0 Å². The summed E-state index contributed by atoms with van der Waals surface area (Å²) in [4.78, 5) is 23.6. The first-order valence-electron chi connectivity index (χ1n) is 4.95. The van der Waals surface area contributed by atoms with Gasteiger partial charge >= 0.3 is 0 Å². The topological polar surface area (TPSA) is 63.4 Å². The van der Waals surface area contributed by atoms with E-state index >= 15 is 0 Å². The van der Waals surface area contributed by atoms with Gasteiger partial charge in [-0.25, -0.2) is 4.39 Å². The molecule has 1 rings (SSSR count). The minimum Gasteiger partial charge on any atom is -0.370 e. The molecule has 0 aromatic heterocycles. The van der Waals surface area contributed by atoms with Gasteiger partial charge in [-0.15, -0.1) is 11.6 Å². The van der Waals surface area contributed by atoms with Gasteiger partial charge in [-0.3, -0.25) is 9.59 Å². The van der Waals surface area contributed by atoms with Crippen LogP contribution in [0.3, 0.4) is 0 Å². The van der Waals surface area contributed by atoms with Crippen LogP contribution < -0.4 is 10.6 Å². The maximum absolute atomic E-state index is 12.7. The molecular weight excluding hydrogens is 247 g/mol. The van der Waals surface area contributed by atoms with Gasteiger partial charge in [-0.05, 0) is 24.3 Å². The molecule has 0 heterocycles. The molecule has 6 heteroatoms. The minimum atomic E-state index is -0.514. The molecule has 2 amide bonds. The predicted molar refractivity (Wildman–Crippen MR) is 63.3 cm³/mol. The molecule has 0 bridgehead atoms. The van der Waals surface area contributed by atoms with Gasteiger partial charge in [0.25, 0.3) is 0 Å². The number of nitrogens with zero attached hydrogens (tertiary/aromatic N) is 1. The van der Waals surface area contributed by atoms with Crippen LogP contribution in [0.25, 0.3) is 0 Å². The number of hydrogen-bond acceptors (Lipinski definition) is 2. The largest absolute Gasteiger partial charge is 0.370 e. The number of amides is 2. The third kappa shape index (κ3) is 4.03. The zero-order valence-electron chi connectivity index (χ0n) is 9.03. The Kier molecular flexibility index (Phi) is 4.90. The number of nitrogens with two attached hydrogens (primary N) is 1. The van der Waals surface area contributed by atoms with E-state index in [4.69, 9.17) is 17.3 Å². The van der Waals surface area contributed by atoms with Crippen molar-refractivity contribution in [2.75, 3.05) is 17.3 Å². The average Bonchev–Trinajstić information content (AvgIpc) is 2.30. The lowest BCUT2D eigenvalue weighted by molar-refractivity contribution is -0.118. The number of alkyl halides is 1. The molecule has 1 aromatic carbocycles. The fraction of sp³-hybridized carbons (Fsp3) is 0.273. The smallest absolute Gasteiger partial charge is 0.241 e. The van der Waals surface area contributed by atoms with Crippen molar-refractivity contribution in [3.05, 3.63) is 30.1 Å². The standard InChI is InChI=1S/C11H12ClFN2O2/c12-7-11(17)15(6-5-10(14)16)9-3-1-8(13)2-4-9/h1-4H,5-7H2,(H2,14,16). The third-order valence-electron chi connectivity index (χ3n) is 2.14. The van der Waals surface area contributed by atoms with E-state index in [0.29, 0.717) is 5.69 Å². The van der Waals surface area contributed by atoms with E-state index in [0.717, 1.165) is 0 Å². The predicted octanol–water partition coefficient (Wildman–Crippen LogP) is 1.27. The molecule has 0 aliphatic carbocycles. The fourth-order valence-electron chi connectivity index (χ4n) is 1.31. The third-order valence-corrected chi connectivity index (χ3v) is 2.36. The number of anilines is 1. The molecule has 92 valence electrons. The summed E-state index contributed by atoms with van der Waals surface area (Å²) in [6.45, 7) is 0.131. The van der Waals surface area contributed by atoms with Crippen LogP contribution in [-0.2, 0) is 9.59 Å². The van der Waals surface area contributed by atoms with Gasteiger partial charge in [0.15, 0.2) is 0 Å². The van der Waals surface area contributed by atoms with Gasteiger partial charge in [0.2, 0.25) is 11.8 Å². The molecule has 0 spiro atoms. The van der Waals surface area contributed by atoms with E-state index in [2.05, 4.69) is 0 Å². The van der Waals surface area contributed by atoms with Gasteiger partial charge in [-0.2, -0.15) is 0 Å². The number of halogens is 2. The highest BCUT2D eigenvalue weighted by Crippen LogP contribution is 2.15. The Morgan fingerprint density at radius 3 is 2.35 bits per heavy atom. The van der Waals surface area contributed by atoms with Crippen LogP contribution in [0.1, 0.15) is 6.42 Å². The molecule has 0 fully saturated rings. The van der Waals surface area contributed by atoms with Gasteiger partial charge in [0, 0.05) is 18.7 Å². The normalized spacial score (nSPS) is 10.0. The first-order chi connectivity index (χ1) is 8.04. The van der Waals surface area contributed by atoms with Crippen molar-refractivity contribution in [3.8, 4) is 0 Å². The highest BCUT2D eigenvalue weighted by atomic mass is 35.5. The number of hydrogen-bond donors (Lipinski definition) is 1. The van der Waals surface area contributed by atoms with Crippen molar-refractivity contribution in [1.29, 1.82) is 0 Å². The molecule has 0 aliphatic rings. The summed E-state index contributed by atoms with van der Waals surface area (Å²) in [5.41, 5.74) is 5.50. The first-order valence-corrected chi connectivity index (χ1v) is 5.48. The molecule has 0 saturated heterocycles. The number of carbonyl (C=O) groups excluding carboxylic acids is 2. The van der Waals surface area contributed by atoms with Crippen molar-refractivity contribution >= 4 is 29.1 Å². The summed E-state index contributed by atoms with van der Waals surface area (Å²) in [7, 11) is 0. The molecule has 2 N–H and O–H groups in total. The molecule has 4 nitrogen and oxygen atoms in total. The lowest BCUT2D eigenvalue weighted by Crippen LogP contribution is -2.34. The zero-order chi connectivity index (χ0) is 12.8. The van der Waals surface area contributed by atoms with Gasteiger partial charge < -0.3 is 10.6 Å². The van der Waals surface area contributed by atoms with Gasteiger partial charge in [0.1, 0.15) is 11.7 Å². The van der Waals surface area contributed by atoms with Crippen LogP contribution in [0.5, 0.6) is 0 Å². The maximum Gasteiger partial charge on any atom is 0.241 e. The Bertz CT molecular complexity index is 408. The van der Waals surface area contributed by atoms with E-state index < -0.39 is 11.7 Å². The molecule has 0 atom stereocenters. The van der Waals surface area contributed by atoms with E-state index in [-0.39, 0.29) is 24.8 Å². The quantitative estimate of drug-likeness (QED) is 0.809. The summed E-state index contributed by atoms with van der Waals surface area (Å²) in [5, 5.41) is 0. The number of primary amides is 1. The summed E-state index contributed by atoms with van der Waals surface area (Å²) < 4.78 is 12.7. The van der Waals surface area contributed by atoms with Crippen LogP contribution in [0.2, 0.25) is 0 Å². The van der Waals surface area contributed by atoms with Gasteiger partial charge in [-0.1, -0.05) is 0 Å².